The number of hydrogen-bond donors (Lipinski definition) is 3. The Labute approximate surface area is 104 Å². The van der Waals surface area contributed by atoms with Gasteiger partial charge in [-0.05, 0) is 12.5 Å². The number of aliphatic hydroxyl groups is 1. The molecule has 0 amide bonds. The number of pyridine rings is 1. The summed E-state index contributed by atoms with van der Waals surface area (Å²) in [6.45, 7) is 2.04. The molecule has 0 spiro atoms. The van der Waals surface area contributed by atoms with Crippen molar-refractivity contribution in [2.45, 2.75) is 25.8 Å². The van der Waals surface area contributed by atoms with Crippen molar-refractivity contribution in [2.75, 3.05) is 11.9 Å². The lowest BCUT2D eigenvalue weighted by Crippen LogP contribution is -2.25. The fourth-order valence-corrected chi connectivity index (χ4v) is 1.88. The smallest absolute Gasteiger partial charge is 0.261 e. The van der Waals surface area contributed by atoms with Gasteiger partial charge in [-0.2, -0.15) is 0 Å². The van der Waals surface area contributed by atoms with Gasteiger partial charge in [0, 0.05) is 6.20 Å². The minimum Gasteiger partial charge on any atom is -0.394 e. The number of nitrogens with zero attached hydrogens (tertiary/aromatic N) is 2. The van der Waals surface area contributed by atoms with Gasteiger partial charge in [0.05, 0.1) is 18.2 Å². The third kappa shape index (κ3) is 2.48. The van der Waals surface area contributed by atoms with E-state index in [1.165, 1.54) is 6.33 Å². The van der Waals surface area contributed by atoms with Crippen LogP contribution in [-0.2, 0) is 0 Å². The molecular formula is C12H16N4O2. The van der Waals surface area contributed by atoms with E-state index in [1.54, 1.807) is 12.3 Å². The Morgan fingerprint density at radius 3 is 3.06 bits per heavy atom. The molecule has 6 nitrogen and oxygen atoms in total. The fourth-order valence-electron chi connectivity index (χ4n) is 1.88. The second-order valence-electron chi connectivity index (χ2n) is 4.10. The molecule has 1 atom stereocenters. The topological polar surface area (TPSA) is 90.9 Å². The minimum atomic E-state index is -0.233. The number of rotatable bonds is 5. The molecule has 2 heterocycles. The van der Waals surface area contributed by atoms with E-state index >= 15 is 0 Å². The van der Waals surface area contributed by atoms with Gasteiger partial charge in [0.1, 0.15) is 17.5 Å². The standard InChI is InChI=1S/C12H16N4O2/c1-2-3-8(6-17)16-11-10-9(14-7-15-11)4-5-13-12(10)18/h4-5,7-8,17H,2-3,6H2,1H3,(H,13,18)(H,14,15,16). The van der Waals surface area contributed by atoms with Crippen molar-refractivity contribution in [3.8, 4) is 0 Å². The Bertz CT molecular complexity index is 576. The molecule has 0 fully saturated rings. The monoisotopic (exact) mass is 248 g/mol. The number of H-pyrrole nitrogens is 1. The molecule has 0 aliphatic rings. The average Bonchev–Trinajstić information content (AvgIpc) is 2.38. The highest BCUT2D eigenvalue weighted by atomic mass is 16.3. The molecular weight excluding hydrogens is 232 g/mol. The molecule has 0 radical (unpaired) electrons. The normalized spacial score (nSPS) is 12.6. The number of fused-ring (bicyclic) bond motifs is 1. The molecule has 6 heteroatoms. The molecule has 2 rings (SSSR count). The van der Waals surface area contributed by atoms with E-state index in [9.17, 15) is 9.90 Å². The van der Waals surface area contributed by atoms with Crippen LogP contribution in [0.4, 0.5) is 5.82 Å². The number of aromatic nitrogens is 3. The largest absolute Gasteiger partial charge is 0.394 e. The van der Waals surface area contributed by atoms with Crippen molar-refractivity contribution in [3.05, 3.63) is 28.9 Å². The first-order valence-corrected chi connectivity index (χ1v) is 5.96. The molecule has 18 heavy (non-hydrogen) atoms. The molecule has 1 unspecified atom stereocenters. The number of aromatic amines is 1. The van der Waals surface area contributed by atoms with Crippen LogP contribution in [0.1, 0.15) is 19.8 Å². The van der Waals surface area contributed by atoms with Gasteiger partial charge < -0.3 is 15.4 Å². The number of aliphatic hydroxyl groups excluding tert-OH is 1. The lowest BCUT2D eigenvalue weighted by Gasteiger charge is -2.16. The molecule has 0 aliphatic carbocycles. The van der Waals surface area contributed by atoms with Crippen LogP contribution in [0.15, 0.2) is 23.4 Å². The van der Waals surface area contributed by atoms with Crippen LogP contribution in [0.3, 0.4) is 0 Å². The highest BCUT2D eigenvalue weighted by molar-refractivity contribution is 5.87. The van der Waals surface area contributed by atoms with Crippen molar-refractivity contribution in [3.63, 3.8) is 0 Å². The Kier molecular flexibility index (Phi) is 3.88. The predicted octanol–water partition coefficient (Wildman–Crippen LogP) is 0.891. The van der Waals surface area contributed by atoms with E-state index < -0.39 is 0 Å². The van der Waals surface area contributed by atoms with Crippen molar-refractivity contribution in [1.82, 2.24) is 15.0 Å². The molecule has 3 N–H and O–H groups in total. The first kappa shape index (κ1) is 12.5. The third-order valence-corrected chi connectivity index (χ3v) is 2.76. The Morgan fingerprint density at radius 1 is 1.50 bits per heavy atom. The molecule has 2 aromatic heterocycles. The molecule has 96 valence electrons. The second-order valence-corrected chi connectivity index (χ2v) is 4.10. The number of nitrogens with one attached hydrogen (secondary N) is 2. The van der Waals surface area contributed by atoms with E-state index in [4.69, 9.17) is 0 Å². The van der Waals surface area contributed by atoms with Crippen LogP contribution in [0, 0.1) is 0 Å². The van der Waals surface area contributed by atoms with Crippen molar-refractivity contribution in [2.24, 2.45) is 0 Å². The van der Waals surface area contributed by atoms with Gasteiger partial charge in [0.2, 0.25) is 0 Å². The Hall–Kier alpha value is -1.95. The first-order chi connectivity index (χ1) is 8.76. The van der Waals surface area contributed by atoms with E-state index in [0.29, 0.717) is 16.7 Å². The van der Waals surface area contributed by atoms with E-state index in [0.717, 1.165) is 12.8 Å². The minimum absolute atomic E-state index is 0.00404. The lowest BCUT2D eigenvalue weighted by atomic mass is 10.1. The fraction of sp³-hybridized carbons (Fsp3) is 0.417. The van der Waals surface area contributed by atoms with Crippen LogP contribution in [0.5, 0.6) is 0 Å². The number of hydrogen-bond acceptors (Lipinski definition) is 5. The molecule has 0 saturated heterocycles. The first-order valence-electron chi connectivity index (χ1n) is 5.96. The molecule has 0 saturated carbocycles. The predicted molar refractivity (Wildman–Crippen MR) is 69.6 cm³/mol. The van der Waals surface area contributed by atoms with Gasteiger partial charge in [-0.3, -0.25) is 4.79 Å². The zero-order chi connectivity index (χ0) is 13.0. The Morgan fingerprint density at radius 2 is 2.33 bits per heavy atom. The molecule has 0 bridgehead atoms. The molecule has 2 aromatic rings. The van der Waals surface area contributed by atoms with Gasteiger partial charge in [0.25, 0.3) is 5.56 Å². The maximum absolute atomic E-state index is 11.8. The summed E-state index contributed by atoms with van der Waals surface area (Å²) in [5.41, 5.74) is 0.355. The van der Waals surface area contributed by atoms with Crippen LogP contribution in [0.2, 0.25) is 0 Å². The summed E-state index contributed by atoms with van der Waals surface area (Å²) in [4.78, 5) is 22.5. The zero-order valence-electron chi connectivity index (χ0n) is 10.2. The van der Waals surface area contributed by atoms with E-state index in [-0.39, 0.29) is 18.2 Å². The summed E-state index contributed by atoms with van der Waals surface area (Å²) in [6, 6.07) is 1.62. The summed E-state index contributed by atoms with van der Waals surface area (Å²) in [6.07, 6.45) is 4.71. The summed E-state index contributed by atoms with van der Waals surface area (Å²) in [7, 11) is 0. The van der Waals surface area contributed by atoms with Crippen LogP contribution >= 0.6 is 0 Å². The van der Waals surface area contributed by atoms with Gasteiger partial charge in [-0.15, -0.1) is 0 Å². The molecule has 0 aromatic carbocycles. The maximum atomic E-state index is 11.8. The van der Waals surface area contributed by atoms with E-state index in [2.05, 4.69) is 20.3 Å². The Balaban J connectivity index is 2.41. The SMILES string of the molecule is CCCC(CO)Nc1ncnc2cc[nH]c(=O)c12. The van der Waals surface area contributed by atoms with Gasteiger partial charge in [-0.1, -0.05) is 13.3 Å². The highest BCUT2D eigenvalue weighted by Gasteiger charge is 2.11. The molecule has 0 aliphatic heterocycles. The van der Waals surface area contributed by atoms with Crippen molar-refractivity contribution in [1.29, 1.82) is 0 Å². The quantitative estimate of drug-likeness (QED) is 0.731. The second kappa shape index (κ2) is 5.59. The van der Waals surface area contributed by atoms with Gasteiger partial charge >= 0.3 is 0 Å². The van der Waals surface area contributed by atoms with Gasteiger partial charge in [-0.25, -0.2) is 9.97 Å². The van der Waals surface area contributed by atoms with Crippen LogP contribution in [-0.4, -0.2) is 32.7 Å². The summed E-state index contributed by atoms with van der Waals surface area (Å²) >= 11 is 0. The summed E-state index contributed by atoms with van der Waals surface area (Å²) in [5.74, 6) is 0.467. The lowest BCUT2D eigenvalue weighted by molar-refractivity contribution is 0.268. The van der Waals surface area contributed by atoms with Crippen LogP contribution < -0.4 is 10.9 Å². The zero-order valence-corrected chi connectivity index (χ0v) is 10.2. The third-order valence-electron chi connectivity index (χ3n) is 2.76. The summed E-state index contributed by atoms with van der Waals surface area (Å²) < 4.78 is 0. The van der Waals surface area contributed by atoms with Gasteiger partial charge in [0.15, 0.2) is 0 Å². The van der Waals surface area contributed by atoms with Crippen molar-refractivity contribution < 1.29 is 5.11 Å². The maximum Gasteiger partial charge on any atom is 0.261 e. The number of anilines is 1. The van der Waals surface area contributed by atoms with Crippen LogP contribution in [0.25, 0.3) is 10.9 Å². The summed E-state index contributed by atoms with van der Waals surface area (Å²) in [5, 5.41) is 12.8. The van der Waals surface area contributed by atoms with E-state index in [1.807, 2.05) is 6.92 Å². The average molecular weight is 248 g/mol. The highest BCUT2D eigenvalue weighted by Crippen LogP contribution is 2.15. The van der Waals surface area contributed by atoms with Crippen molar-refractivity contribution >= 4 is 16.7 Å².